The Bertz CT molecular complexity index is 720. The fourth-order valence-corrected chi connectivity index (χ4v) is 3.96. The molecule has 0 saturated carbocycles. The predicted octanol–water partition coefficient (Wildman–Crippen LogP) is 3.62. The molecular weight excluding hydrogens is 312 g/mol. The molecule has 1 N–H and O–H groups in total. The Morgan fingerprint density at radius 1 is 1.04 bits per heavy atom. The van der Waals surface area contributed by atoms with E-state index in [1.807, 2.05) is 0 Å². The van der Waals surface area contributed by atoms with E-state index in [0.29, 0.717) is 6.61 Å². The number of fused-ring (bicyclic) bond motifs is 3. The van der Waals surface area contributed by atoms with Crippen molar-refractivity contribution in [3.63, 3.8) is 0 Å². The lowest BCUT2D eigenvalue weighted by atomic mass is 9.98. The van der Waals surface area contributed by atoms with Gasteiger partial charge < -0.3 is 15.0 Å². The number of likely N-dealkylation sites (tertiary alicyclic amines) is 1. The summed E-state index contributed by atoms with van der Waals surface area (Å²) in [5.74, 6) is 0.121. The highest BCUT2D eigenvalue weighted by atomic mass is 16.5. The highest BCUT2D eigenvalue weighted by molar-refractivity contribution is 5.79. The predicted molar refractivity (Wildman–Crippen MR) is 98.7 cm³/mol. The second-order valence-electron chi connectivity index (χ2n) is 7.05. The van der Waals surface area contributed by atoms with Gasteiger partial charge in [0.15, 0.2) is 0 Å². The van der Waals surface area contributed by atoms with Crippen LogP contribution in [0, 0.1) is 0 Å². The van der Waals surface area contributed by atoms with Crippen LogP contribution < -0.4 is 5.32 Å². The normalized spacial score (nSPS) is 17.8. The molecule has 1 heterocycles. The number of benzene rings is 2. The van der Waals surface area contributed by atoms with Crippen LogP contribution in [0.4, 0.5) is 4.79 Å². The Balaban J connectivity index is 1.42. The molecule has 0 bridgehead atoms. The molecule has 0 radical (unpaired) electrons. The summed E-state index contributed by atoms with van der Waals surface area (Å²) < 4.78 is 5.61. The molecule has 4 nitrogen and oxygen atoms in total. The number of piperidine rings is 1. The van der Waals surface area contributed by atoms with Crippen molar-refractivity contribution in [1.82, 2.24) is 10.2 Å². The number of rotatable bonds is 3. The average molecular weight is 336 g/mol. The highest BCUT2D eigenvalue weighted by Gasteiger charge is 2.29. The molecule has 1 aliphatic heterocycles. The van der Waals surface area contributed by atoms with E-state index in [9.17, 15) is 4.79 Å². The molecule has 130 valence electrons. The van der Waals surface area contributed by atoms with Crippen LogP contribution in [0.3, 0.4) is 0 Å². The van der Waals surface area contributed by atoms with Crippen LogP contribution >= 0.6 is 0 Å². The lowest BCUT2D eigenvalue weighted by Gasteiger charge is -2.29. The lowest BCUT2D eigenvalue weighted by molar-refractivity contribution is 0.132. The molecule has 2 aromatic carbocycles. The van der Waals surface area contributed by atoms with Gasteiger partial charge in [0, 0.05) is 12.0 Å². The molecule has 1 saturated heterocycles. The monoisotopic (exact) mass is 336 g/mol. The van der Waals surface area contributed by atoms with Gasteiger partial charge >= 0.3 is 6.09 Å². The summed E-state index contributed by atoms with van der Waals surface area (Å²) in [4.78, 5) is 14.5. The molecule has 0 unspecified atom stereocenters. The van der Waals surface area contributed by atoms with Gasteiger partial charge in [0.1, 0.15) is 6.61 Å². The molecule has 25 heavy (non-hydrogen) atoms. The van der Waals surface area contributed by atoms with Gasteiger partial charge in [-0.05, 0) is 55.2 Å². The van der Waals surface area contributed by atoms with E-state index in [4.69, 9.17) is 4.74 Å². The maximum absolute atomic E-state index is 12.2. The van der Waals surface area contributed by atoms with Gasteiger partial charge in [-0.25, -0.2) is 4.79 Å². The van der Waals surface area contributed by atoms with Crippen LogP contribution in [0.25, 0.3) is 11.1 Å². The number of hydrogen-bond donors (Lipinski definition) is 1. The summed E-state index contributed by atoms with van der Waals surface area (Å²) in [5, 5.41) is 3.02. The Labute approximate surface area is 148 Å². The van der Waals surface area contributed by atoms with Crippen LogP contribution in [0.2, 0.25) is 0 Å². The Kier molecular flexibility index (Phi) is 4.45. The third kappa shape index (κ3) is 3.27. The SMILES string of the molecule is CN1CCC(NC(=O)OCC2c3ccccc3-c3ccccc32)CC1. The summed E-state index contributed by atoms with van der Waals surface area (Å²) in [5.41, 5.74) is 5.00. The first kappa shape index (κ1) is 16.2. The second kappa shape index (κ2) is 6.89. The molecule has 2 aliphatic rings. The van der Waals surface area contributed by atoms with Gasteiger partial charge in [0.25, 0.3) is 0 Å². The van der Waals surface area contributed by atoms with Crippen molar-refractivity contribution in [2.75, 3.05) is 26.7 Å². The van der Waals surface area contributed by atoms with Crippen LogP contribution in [0.15, 0.2) is 48.5 Å². The van der Waals surface area contributed by atoms with E-state index in [1.54, 1.807) is 0 Å². The van der Waals surface area contributed by atoms with Crippen LogP contribution in [0.1, 0.15) is 29.9 Å². The fraction of sp³-hybridized carbons (Fsp3) is 0.381. The number of carbonyl (C=O) groups is 1. The molecular formula is C21H24N2O2. The smallest absolute Gasteiger partial charge is 0.407 e. The molecule has 0 spiro atoms. The minimum absolute atomic E-state index is 0.121. The van der Waals surface area contributed by atoms with Gasteiger partial charge in [-0.2, -0.15) is 0 Å². The van der Waals surface area contributed by atoms with E-state index >= 15 is 0 Å². The van der Waals surface area contributed by atoms with Crippen LogP contribution in [0.5, 0.6) is 0 Å². The number of alkyl carbamates (subject to hydrolysis) is 1. The van der Waals surface area contributed by atoms with Crippen molar-refractivity contribution >= 4 is 6.09 Å². The summed E-state index contributed by atoms with van der Waals surface area (Å²) in [6.07, 6.45) is 1.68. The van der Waals surface area contributed by atoms with Crippen molar-refractivity contribution in [3.05, 3.63) is 59.7 Å². The third-order valence-corrected chi connectivity index (χ3v) is 5.38. The number of ether oxygens (including phenoxy) is 1. The summed E-state index contributed by atoms with van der Waals surface area (Å²) >= 11 is 0. The van der Waals surface area contributed by atoms with E-state index in [1.165, 1.54) is 22.3 Å². The van der Waals surface area contributed by atoms with Crippen molar-refractivity contribution in [2.45, 2.75) is 24.8 Å². The Morgan fingerprint density at radius 3 is 2.20 bits per heavy atom. The van der Waals surface area contributed by atoms with E-state index in [2.05, 4.69) is 65.8 Å². The van der Waals surface area contributed by atoms with Gasteiger partial charge in [0.05, 0.1) is 0 Å². The zero-order valence-electron chi connectivity index (χ0n) is 14.6. The standard InChI is InChI=1S/C21H24N2O2/c1-23-12-10-15(11-13-23)22-21(24)25-14-20-18-8-4-2-6-16(18)17-7-3-5-9-19(17)20/h2-9,15,20H,10-14H2,1H3,(H,22,24). The van der Waals surface area contributed by atoms with E-state index in [-0.39, 0.29) is 18.1 Å². The summed E-state index contributed by atoms with van der Waals surface area (Å²) in [6, 6.07) is 17.0. The quantitative estimate of drug-likeness (QED) is 0.931. The molecule has 1 fully saturated rings. The summed E-state index contributed by atoms with van der Waals surface area (Å²) in [7, 11) is 2.11. The van der Waals surface area contributed by atoms with Crippen LogP contribution in [-0.4, -0.2) is 43.8 Å². The van der Waals surface area contributed by atoms with Crippen molar-refractivity contribution in [3.8, 4) is 11.1 Å². The van der Waals surface area contributed by atoms with Gasteiger partial charge in [-0.15, -0.1) is 0 Å². The minimum Gasteiger partial charge on any atom is -0.449 e. The molecule has 0 atom stereocenters. The summed E-state index contributed by atoms with van der Waals surface area (Å²) in [6.45, 7) is 2.43. The maximum Gasteiger partial charge on any atom is 0.407 e. The van der Waals surface area contributed by atoms with Crippen molar-refractivity contribution in [1.29, 1.82) is 0 Å². The zero-order valence-corrected chi connectivity index (χ0v) is 14.6. The molecule has 4 heteroatoms. The van der Waals surface area contributed by atoms with E-state index in [0.717, 1.165) is 25.9 Å². The van der Waals surface area contributed by atoms with Gasteiger partial charge in [-0.3, -0.25) is 0 Å². The molecule has 1 amide bonds. The van der Waals surface area contributed by atoms with Gasteiger partial charge in [-0.1, -0.05) is 48.5 Å². The number of hydrogen-bond acceptors (Lipinski definition) is 3. The number of nitrogens with one attached hydrogen (secondary N) is 1. The second-order valence-corrected chi connectivity index (χ2v) is 7.05. The van der Waals surface area contributed by atoms with Gasteiger partial charge in [0.2, 0.25) is 0 Å². The van der Waals surface area contributed by atoms with Crippen LogP contribution in [-0.2, 0) is 4.74 Å². The lowest BCUT2D eigenvalue weighted by Crippen LogP contribution is -2.43. The molecule has 1 aliphatic carbocycles. The zero-order chi connectivity index (χ0) is 17.2. The average Bonchev–Trinajstić information content (AvgIpc) is 2.96. The molecule has 0 aromatic heterocycles. The maximum atomic E-state index is 12.2. The fourth-order valence-electron chi connectivity index (χ4n) is 3.96. The first-order valence-corrected chi connectivity index (χ1v) is 9.02. The molecule has 4 rings (SSSR count). The molecule has 2 aromatic rings. The first-order valence-electron chi connectivity index (χ1n) is 9.02. The number of nitrogens with zero attached hydrogens (tertiary/aromatic N) is 1. The Morgan fingerprint density at radius 2 is 1.60 bits per heavy atom. The topological polar surface area (TPSA) is 41.6 Å². The Hall–Kier alpha value is -2.33. The van der Waals surface area contributed by atoms with Crippen molar-refractivity contribution in [2.24, 2.45) is 0 Å². The van der Waals surface area contributed by atoms with E-state index < -0.39 is 0 Å². The minimum atomic E-state index is -0.295. The third-order valence-electron chi connectivity index (χ3n) is 5.38. The van der Waals surface area contributed by atoms with Crippen molar-refractivity contribution < 1.29 is 9.53 Å². The largest absolute Gasteiger partial charge is 0.449 e. The number of amides is 1. The number of carbonyl (C=O) groups excluding carboxylic acids is 1. The highest BCUT2D eigenvalue weighted by Crippen LogP contribution is 2.44. The first-order chi connectivity index (χ1) is 12.2.